The average molecular weight is 713 g/mol. The fourth-order valence-corrected chi connectivity index (χ4v) is 7.61. The Labute approximate surface area is 287 Å². The highest BCUT2D eigenvalue weighted by atomic mass is 35.5. The number of amides is 2. The van der Waals surface area contributed by atoms with Crippen LogP contribution in [-0.2, 0) is 27.7 Å². The number of nitrogens with zero attached hydrogens (tertiary/aromatic N) is 7. The fraction of sp³-hybridized carbons (Fsp3) is 0.424. The maximum atomic E-state index is 14.4. The molecule has 1 saturated heterocycles. The quantitative estimate of drug-likeness (QED) is 0.304. The van der Waals surface area contributed by atoms with E-state index >= 15 is 0 Å². The molecule has 0 bridgehead atoms. The second-order valence-corrected chi connectivity index (χ2v) is 13.3. The number of nitrogens with one attached hydrogen (secondary N) is 1. The maximum absolute atomic E-state index is 14.4. The van der Waals surface area contributed by atoms with Crippen LogP contribution in [0.4, 0.5) is 18.9 Å². The standard InChI is InChI=1S/C33H32ClF3N8O5/c1-17-14-32(7-9-43(10-8-32)30(49)25-27(47)18(2)38-16-39-25)24-26(17)44(15-23(46)40-22-4-3-20(13-21(22)34)33(35,36)37)31-41-28(42-45(31)29(24)48)19-5-11-50-12-6-19/h3-5,13,16-17,47H,6-12,14-15H2,1-2H3,(H,40,46). The SMILES string of the molecule is Cc1ncnc(C(=O)N2CCC3(CC2)CC(C)c2c3c(=O)n3nc(C4=CCOCC4)nc3n2CC(=O)Nc2ccc(C(F)(F)F)cc2Cl)c1O. The Bertz CT molecular complexity index is 2140. The molecule has 0 saturated carbocycles. The molecule has 1 atom stereocenters. The summed E-state index contributed by atoms with van der Waals surface area (Å²) in [5.74, 6) is -1.04. The number of hydrogen-bond acceptors (Lipinski definition) is 9. The Morgan fingerprint density at radius 1 is 1.20 bits per heavy atom. The van der Waals surface area contributed by atoms with Gasteiger partial charge in [-0.25, -0.2) is 9.97 Å². The lowest BCUT2D eigenvalue weighted by Crippen LogP contribution is -2.46. The summed E-state index contributed by atoms with van der Waals surface area (Å²) in [5.41, 5.74) is 0.126. The van der Waals surface area contributed by atoms with E-state index in [1.807, 2.05) is 13.0 Å². The molecular weight excluding hydrogens is 681 g/mol. The number of aryl methyl sites for hydroxylation is 1. The van der Waals surface area contributed by atoms with E-state index in [0.717, 1.165) is 23.8 Å². The van der Waals surface area contributed by atoms with E-state index in [9.17, 15) is 32.7 Å². The first-order valence-corrected chi connectivity index (χ1v) is 16.4. The number of aromatic hydroxyl groups is 1. The number of rotatable bonds is 5. The number of carbonyl (C=O) groups is 2. The van der Waals surface area contributed by atoms with Gasteiger partial charge < -0.3 is 24.6 Å². The minimum atomic E-state index is -4.61. The topological polar surface area (TPSA) is 157 Å². The van der Waals surface area contributed by atoms with Crippen LogP contribution >= 0.6 is 11.6 Å². The van der Waals surface area contributed by atoms with Gasteiger partial charge >= 0.3 is 6.18 Å². The highest BCUT2D eigenvalue weighted by molar-refractivity contribution is 6.33. The zero-order valence-corrected chi connectivity index (χ0v) is 27.8. The molecule has 1 fully saturated rings. The zero-order chi connectivity index (χ0) is 35.5. The molecule has 17 heteroatoms. The maximum Gasteiger partial charge on any atom is 0.416 e. The Kier molecular flexibility index (Phi) is 8.41. The number of likely N-dealkylation sites (tertiary alicyclic amines) is 1. The van der Waals surface area contributed by atoms with Gasteiger partial charge in [-0.05, 0) is 62.3 Å². The molecule has 7 rings (SSSR count). The summed E-state index contributed by atoms with van der Waals surface area (Å²) in [7, 11) is 0. The normalized spacial score (nSPS) is 18.7. The number of piperidine rings is 1. The number of ether oxygens (including phenoxy) is 1. The Hall–Kier alpha value is -4.83. The summed E-state index contributed by atoms with van der Waals surface area (Å²) in [5, 5.41) is 17.4. The van der Waals surface area contributed by atoms with E-state index in [0.29, 0.717) is 56.0 Å². The number of anilines is 1. The number of fused-ring (bicyclic) bond motifs is 3. The zero-order valence-electron chi connectivity index (χ0n) is 27.1. The molecule has 1 aliphatic carbocycles. The lowest BCUT2D eigenvalue weighted by atomic mass is 9.73. The molecule has 13 nitrogen and oxygen atoms in total. The third-order valence-corrected chi connectivity index (χ3v) is 10.1. The highest BCUT2D eigenvalue weighted by Crippen LogP contribution is 2.50. The molecule has 3 aromatic heterocycles. The van der Waals surface area contributed by atoms with Crippen LogP contribution in [0.15, 0.2) is 35.4 Å². The van der Waals surface area contributed by atoms with Crippen LogP contribution in [0.25, 0.3) is 11.4 Å². The van der Waals surface area contributed by atoms with E-state index in [1.54, 1.807) is 16.4 Å². The number of hydrogen-bond donors (Lipinski definition) is 2. The number of alkyl halides is 3. The molecule has 3 aliphatic rings. The van der Waals surface area contributed by atoms with Gasteiger partial charge in [0.15, 0.2) is 17.3 Å². The van der Waals surface area contributed by atoms with Gasteiger partial charge in [0, 0.05) is 29.8 Å². The van der Waals surface area contributed by atoms with Crippen molar-refractivity contribution in [3.8, 4) is 5.75 Å². The molecule has 2 amide bonds. The second-order valence-electron chi connectivity index (χ2n) is 12.9. The van der Waals surface area contributed by atoms with Crippen LogP contribution in [0.1, 0.15) is 77.4 Å². The summed E-state index contributed by atoms with van der Waals surface area (Å²) in [6, 6.07) is 2.67. The lowest BCUT2D eigenvalue weighted by Gasteiger charge is -2.39. The third-order valence-electron chi connectivity index (χ3n) is 9.82. The first-order chi connectivity index (χ1) is 23.8. The molecule has 1 unspecified atom stereocenters. The monoisotopic (exact) mass is 712 g/mol. The summed E-state index contributed by atoms with van der Waals surface area (Å²) in [4.78, 5) is 55.6. The summed E-state index contributed by atoms with van der Waals surface area (Å²) in [6.07, 6.45) is 0.411. The minimum absolute atomic E-state index is 0.000583. The first kappa shape index (κ1) is 33.7. The molecule has 2 aliphatic heterocycles. The average Bonchev–Trinajstić information content (AvgIpc) is 3.65. The Morgan fingerprint density at radius 3 is 2.64 bits per heavy atom. The van der Waals surface area contributed by atoms with Gasteiger partial charge in [0.2, 0.25) is 11.7 Å². The van der Waals surface area contributed by atoms with Crippen LogP contribution < -0.4 is 10.9 Å². The third kappa shape index (κ3) is 5.79. The molecular formula is C33H32ClF3N8O5. The highest BCUT2D eigenvalue weighted by Gasteiger charge is 2.49. The van der Waals surface area contributed by atoms with Gasteiger partial charge in [-0.1, -0.05) is 24.6 Å². The number of carbonyl (C=O) groups excluding carboxylic acids is 2. The number of aromatic nitrogens is 6. The van der Waals surface area contributed by atoms with Gasteiger partial charge in [-0.3, -0.25) is 14.4 Å². The van der Waals surface area contributed by atoms with Crippen molar-refractivity contribution in [1.82, 2.24) is 34.0 Å². The van der Waals surface area contributed by atoms with Gasteiger partial charge in [-0.2, -0.15) is 22.7 Å². The van der Waals surface area contributed by atoms with Crippen molar-refractivity contribution >= 4 is 40.5 Å². The fourth-order valence-electron chi connectivity index (χ4n) is 7.38. The lowest BCUT2D eigenvalue weighted by molar-refractivity contribution is -0.137. The van der Waals surface area contributed by atoms with Crippen LogP contribution in [0.2, 0.25) is 5.02 Å². The molecule has 5 heterocycles. The van der Waals surface area contributed by atoms with Crippen LogP contribution in [0, 0.1) is 6.92 Å². The summed E-state index contributed by atoms with van der Waals surface area (Å²) < 4.78 is 47.9. The predicted octanol–water partition coefficient (Wildman–Crippen LogP) is 4.49. The van der Waals surface area contributed by atoms with Crippen molar-refractivity contribution < 1.29 is 32.6 Å². The molecule has 1 spiro atoms. The van der Waals surface area contributed by atoms with E-state index in [4.69, 9.17) is 21.3 Å². The molecule has 2 N–H and O–H groups in total. The van der Waals surface area contributed by atoms with Crippen molar-refractivity contribution in [3.63, 3.8) is 0 Å². The number of benzene rings is 1. The summed E-state index contributed by atoms with van der Waals surface area (Å²) >= 11 is 6.14. The van der Waals surface area contributed by atoms with E-state index in [1.165, 1.54) is 10.8 Å². The van der Waals surface area contributed by atoms with Crippen molar-refractivity contribution in [3.05, 3.63) is 80.0 Å². The van der Waals surface area contributed by atoms with E-state index in [2.05, 4.69) is 20.4 Å². The van der Waals surface area contributed by atoms with Crippen LogP contribution in [0.5, 0.6) is 5.75 Å². The van der Waals surface area contributed by atoms with E-state index < -0.39 is 29.0 Å². The van der Waals surface area contributed by atoms with Crippen LogP contribution in [0.3, 0.4) is 0 Å². The van der Waals surface area contributed by atoms with Gasteiger partial charge in [-0.15, -0.1) is 5.10 Å². The summed E-state index contributed by atoms with van der Waals surface area (Å²) in [6.45, 7) is 4.60. The van der Waals surface area contributed by atoms with Crippen molar-refractivity contribution in [2.45, 2.75) is 63.6 Å². The van der Waals surface area contributed by atoms with Crippen molar-refractivity contribution in [2.24, 2.45) is 0 Å². The van der Waals surface area contributed by atoms with Gasteiger partial charge in [0.05, 0.1) is 35.2 Å². The van der Waals surface area contributed by atoms with Gasteiger partial charge in [0.25, 0.3) is 11.5 Å². The Morgan fingerprint density at radius 2 is 1.96 bits per heavy atom. The predicted molar refractivity (Wildman–Crippen MR) is 174 cm³/mol. The van der Waals surface area contributed by atoms with Gasteiger partial charge in [0.1, 0.15) is 12.9 Å². The first-order valence-electron chi connectivity index (χ1n) is 16.0. The van der Waals surface area contributed by atoms with Crippen molar-refractivity contribution in [2.75, 3.05) is 31.6 Å². The second kappa shape index (κ2) is 12.5. The molecule has 50 heavy (non-hydrogen) atoms. The Balaban J connectivity index is 1.26. The molecule has 1 aromatic carbocycles. The molecule has 0 radical (unpaired) electrons. The molecule has 262 valence electrons. The smallest absolute Gasteiger partial charge is 0.416 e. The largest absolute Gasteiger partial charge is 0.504 e. The minimum Gasteiger partial charge on any atom is -0.504 e. The van der Waals surface area contributed by atoms with Crippen LogP contribution in [-0.4, -0.2) is 77.3 Å². The van der Waals surface area contributed by atoms with Crippen molar-refractivity contribution in [1.29, 1.82) is 0 Å². The number of halogens is 4. The van der Waals surface area contributed by atoms with E-state index in [-0.39, 0.29) is 64.7 Å². The molecule has 4 aromatic rings.